The van der Waals surface area contributed by atoms with Gasteiger partial charge in [0.15, 0.2) is 5.82 Å². The maximum absolute atomic E-state index is 5.64. The van der Waals surface area contributed by atoms with Gasteiger partial charge >= 0.3 is 0 Å². The fourth-order valence-electron chi connectivity index (χ4n) is 3.26. The monoisotopic (exact) mass is 294 g/mol. The molecule has 0 amide bonds. The molecule has 118 valence electrons. The van der Waals surface area contributed by atoms with Gasteiger partial charge in [0.05, 0.1) is 12.1 Å². The number of ether oxygens (including phenoxy) is 1. The van der Waals surface area contributed by atoms with Gasteiger partial charge in [-0.2, -0.15) is 4.98 Å². The predicted molar refractivity (Wildman–Crippen MR) is 79.1 cm³/mol. The zero-order chi connectivity index (χ0) is 14.5. The van der Waals surface area contributed by atoms with E-state index in [1.165, 1.54) is 12.8 Å². The van der Waals surface area contributed by atoms with Crippen molar-refractivity contribution in [2.75, 3.05) is 32.8 Å². The van der Waals surface area contributed by atoms with E-state index in [4.69, 9.17) is 9.26 Å². The number of nitrogens with one attached hydrogen (secondary N) is 1. The van der Waals surface area contributed by atoms with Gasteiger partial charge in [-0.25, -0.2) is 0 Å². The van der Waals surface area contributed by atoms with Crippen molar-refractivity contribution in [2.45, 2.75) is 51.2 Å². The first-order valence-electron chi connectivity index (χ1n) is 8.25. The topological polar surface area (TPSA) is 63.4 Å². The lowest BCUT2D eigenvalue weighted by Gasteiger charge is -2.32. The summed E-state index contributed by atoms with van der Waals surface area (Å²) in [4.78, 5) is 7.07. The Labute approximate surface area is 126 Å². The van der Waals surface area contributed by atoms with Crippen LogP contribution < -0.4 is 5.32 Å². The standard InChI is InChI=1S/C15H26N4O2/c1-2-13(19-9-7-16-8-10-19)15-17-14(21-18-15)6-5-12-4-3-11-20-12/h12-13,16H,2-11H2,1H3. The van der Waals surface area contributed by atoms with Crippen LogP contribution >= 0.6 is 0 Å². The fraction of sp³-hybridized carbons (Fsp3) is 0.867. The number of hydrogen-bond acceptors (Lipinski definition) is 6. The van der Waals surface area contributed by atoms with E-state index in [2.05, 4.69) is 27.3 Å². The molecule has 2 aliphatic heterocycles. The summed E-state index contributed by atoms with van der Waals surface area (Å²) in [6, 6.07) is 0.285. The van der Waals surface area contributed by atoms with E-state index >= 15 is 0 Å². The van der Waals surface area contributed by atoms with Gasteiger partial charge in [-0.1, -0.05) is 12.1 Å². The molecule has 21 heavy (non-hydrogen) atoms. The maximum atomic E-state index is 5.64. The van der Waals surface area contributed by atoms with Crippen LogP contribution in [0.1, 0.15) is 50.4 Å². The molecule has 2 unspecified atom stereocenters. The van der Waals surface area contributed by atoms with Crippen LogP contribution in [0, 0.1) is 0 Å². The Hall–Kier alpha value is -0.980. The highest BCUT2D eigenvalue weighted by atomic mass is 16.5. The third-order valence-corrected chi connectivity index (χ3v) is 4.47. The van der Waals surface area contributed by atoms with Gasteiger partial charge < -0.3 is 14.6 Å². The van der Waals surface area contributed by atoms with E-state index in [0.29, 0.717) is 6.10 Å². The van der Waals surface area contributed by atoms with E-state index in [1.54, 1.807) is 0 Å². The molecule has 2 fully saturated rings. The van der Waals surface area contributed by atoms with E-state index in [0.717, 1.165) is 63.8 Å². The van der Waals surface area contributed by atoms with Crippen molar-refractivity contribution in [2.24, 2.45) is 0 Å². The van der Waals surface area contributed by atoms with Crippen LogP contribution in [-0.2, 0) is 11.2 Å². The van der Waals surface area contributed by atoms with Gasteiger partial charge in [-0.05, 0) is 25.7 Å². The SMILES string of the molecule is CCC(c1noc(CCC2CCCO2)n1)N1CCNCC1. The molecule has 3 rings (SSSR count). The van der Waals surface area contributed by atoms with Crippen molar-refractivity contribution in [3.8, 4) is 0 Å². The van der Waals surface area contributed by atoms with Crippen molar-refractivity contribution in [1.29, 1.82) is 0 Å². The molecule has 2 atom stereocenters. The Morgan fingerprint density at radius 1 is 1.38 bits per heavy atom. The zero-order valence-electron chi connectivity index (χ0n) is 12.9. The summed E-state index contributed by atoms with van der Waals surface area (Å²) in [5, 5.41) is 7.60. The van der Waals surface area contributed by atoms with Crippen molar-refractivity contribution in [1.82, 2.24) is 20.4 Å². The molecule has 6 heteroatoms. The highest BCUT2D eigenvalue weighted by Gasteiger charge is 2.25. The zero-order valence-corrected chi connectivity index (χ0v) is 12.9. The molecule has 0 radical (unpaired) electrons. The lowest BCUT2D eigenvalue weighted by molar-refractivity contribution is 0.102. The second-order valence-corrected chi connectivity index (χ2v) is 5.93. The molecule has 0 bridgehead atoms. The highest BCUT2D eigenvalue weighted by molar-refractivity contribution is 4.96. The molecule has 0 aromatic carbocycles. The molecule has 1 aromatic rings. The summed E-state index contributed by atoms with van der Waals surface area (Å²) in [5.74, 6) is 1.61. The molecule has 0 saturated carbocycles. The number of rotatable bonds is 6. The number of nitrogens with zero attached hydrogens (tertiary/aromatic N) is 3. The molecule has 2 aliphatic rings. The molecule has 2 saturated heterocycles. The third-order valence-electron chi connectivity index (χ3n) is 4.47. The van der Waals surface area contributed by atoms with Crippen molar-refractivity contribution in [3.05, 3.63) is 11.7 Å². The average molecular weight is 294 g/mol. The summed E-state index contributed by atoms with van der Waals surface area (Å²) in [6.45, 7) is 7.28. The summed E-state index contributed by atoms with van der Waals surface area (Å²) >= 11 is 0. The Kier molecular flexibility index (Phi) is 5.22. The third kappa shape index (κ3) is 3.81. The van der Waals surface area contributed by atoms with Gasteiger partial charge in [0.1, 0.15) is 0 Å². The summed E-state index contributed by atoms with van der Waals surface area (Å²) in [5.41, 5.74) is 0. The van der Waals surface area contributed by atoms with Crippen LogP contribution in [0.15, 0.2) is 4.52 Å². The van der Waals surface area contributed by atoms with E-state index in [-0.39, 0.29) is 6.04 Å². The average Bonchev–Trinajstić information content (AvgIpc) is 3.19. The van der Waals surface area contributed by atoms with Gasteiger partial charge in [0.2, 0.25) is 5.89 Å². The Morgan fingerprint density at radius 3 is 2.95 bits per heavy atom. The first-order chi connectivity index (χ1) is 10.4. The molecule has 0 spiro atoms. The Bertz CT molecular complexity index is 425. The lowest BCUT2D eigenvalue weighted by atomic mass is 10.1. The van der Waals surface area contributed by atoms with Crippen LogP contribution in [-0.4, -0.2) is 53.9 Å². The lowest BCUT2D eigenvalue weighted by Crippen LogP contribution is -2.45. The number of hydrogen-bond donors (Lipinski definition) is 1. The van der Waals surface area contributed by atoms with Crippen LogP contribution in [0.3, 0.4) is 0 Å². The number of piperazine rings is 1. The Balaban J connectivity index is 1.56. The molecule has 1 aromatic heterocycles. The second kappa shape index (κ2) is 7.33. The first-order valence-corrected chi connectivity index (χ1v) is 8.25. The van der Waals surface area contributed by atoms with E-state index in [9.17, 15) is 0 Å². The summed E-state index contributed by atoms with van der Waals surface area (Å²) < 4.78 is 11.1. The van der Waals surface area contributed by atoms with E-state index < -0.39 is 0 Å². The minimum atomic E-state index is 0.285. The summed E-state index contributed by atoms with van der Waals surface area (Å²) in [6.07, 6.45) is 5.57. The predicted octanol–water partition coefficient (Wildman–Crippen LogP) is 1.54. The van der Waals surface area contributed by atoms with Crippen LogP contribution in [0.25, 0.3) is 0 Å². The minimum Gasteiger partial charge on any atom is -0.378 e. The van der Waals surface area contributed by atoms with Crippen LogP contribution in [0.5, 0.6) is 0 Å². The van der Waals surface area contributed by atoms with Gasteiger partial charge in [0.25, 0.3) is 0 Å². The van der Waals surface area contributed by atoms with Gasteiger partial charge in [-0.15, -0.1) is 0 Å². The van der Waals surface area contributed by atoms with Crippen molar-refractivity contribution < 1.29 is 9.26 Å². The minimum absolute atomic E-state index is 0.285. The highest BCUT2D eigenvalue weighted by Crippen LogP contribution is 2.23. The largest absolute Gasteiger partial charge is 0.378 e. The number of aryl methyl sites for hydroxylation is 1. The van der Waals surface area contributed by atoms with E-state index in [1.807, 2.05) is 0 Å². The van der Waals surface area contributed by atoms with Gasteiger partial charge in [-0.3, -0.25) is 4.90 Å². The Morgan fingerprint density at radius 2 is 2.24 bits per heavy atom. The number of aromatic nitrogens is 2. The van der Waals surface area contributed by atoms with Crippen LogP contribution in [0.4, 0.5) is 0 Å². The molecule has 1 N–H and O–H groups in total. The summed E-state index contributed by atoms with van der Waals surface area (Å²) in [7, 11) is 0. The quantitative estimate of drug-likeness (QED) is 0.858. The molecular weight excluding hydrogens is 268 g/mol. The van der Waals surface area contributed by atoms with Crippen molar-refractivity contribution >= 4 is 0 Å². The molecule has 6 nitrogen and oxygen atoms in total. The smallest absolute Gasteiger partial charge is 0.226 e. The fourth-order valence-corrected chi connectivity index (χ4v) is 3.26. The van der Waals surface area contributed by atoms with Crippen molar-refractivity contribution in [3.63, 3.8) is 0 Å². The molecular formula is C15H26N4O2. The normalized spacial score (nSPS) is 25.3. The molecule has 0 aliphatic carbocycles. The van der Waals surface area contributed by atoms with Gasteiger partial charge in [0, 0.05) is 39.2 Å². The molecule has 3 heterocycles. The first kappa shape index (κ1) is 14.9. The maximum Gasteiger partial charge on any atom is 0.226 e. The second-order valence-electron chi connectivity index (χ2n) is 5.93. The van der Waals surface area contributed by atoms with Crippen LogP contribution in [0.2, 0.25) is 0 Å².